The smallest absolute Gasteiger partial charge is 0.305 e. The van der Waals surface area contributed by atoms with E-state index in [-0.39, 0.29) is 17.8 Å². The maximum atomic E-state index is 11.9. The Bertz CT molecular complexity index is 351. The Labute approximate surface area is 108 Å². The van der Waals surface area contributed by atoms with Crippen LogP contribution in [0.3, 0.4) is 0 Å². The molecule has 0 aromatic carbocycles. The quantitative estimate of drug-likeness (QED) is 0.444. The summed E-state index contributed by atoms with van der Waals surface area (Å²) in [5.41, 5.74) is 0. The zero-order chi connectivity index (χ0) is 13.0. The molecular weight excluding hydrogens is 230 g/mol. The fraction of sp³-hybridized carbons (Fsp3) is 0.714. The van der Waals surface area contributed by atoms with Gasteiger partial charge in [-0.15, -0.1) is 0 Å². The van der Waals surface area contributed by atoms with E-state index in [1.165, 1.54) is 0 Å². The molecule has 0 heterocycles. The normalized spacial score (nSPS) is 28.4. The lowest BCUT2D eigenvalue weighted by Gasteiger charge is -2.17. The van der Waals surface area contributed by atoms with Gasteiger partial charge in [0.25, 0.3) is 0 Å². The third-order valence-electron chi connectivity index (χ3n) is 3.78. The van der Waals surface area contributed by atoms with Crippen LogP contribution in [0.1, 0.15) is 32.6 Å². The summed E-state index contributed by atoms with van der Waals surface area (Å²) in [6.45, 7) is 2.78. The minimum absolute atomic E-state index is 0.149. The maximum Gasteiger partial charge on any atom is 0.305 e. The molecule has 0 radical (unpaired) electrons. The Kier molecular flexibility index (Phi) is 4.39. The molecule has 0 aliphatic heterocycles. The van der Waals surface area contributed by atoms with Crippen molar-refractivity contribution in [2.45, 2.75) is 32.6 Å². The van der Waals surface area contributed by atoms with Crippen LogP contribution in [0, 0.1) is 17.8 Å². The molecule has 2 bridgehead atoms. The van der Waals surface area contributed by atoms with E-state index in [0.29, 0.717) is 37.8 Å². The molecule has 1 saturated carbocycles. The van der Waals surface area contributed by atoms with Crippen molar-refractivity contribution < 1.29 is 14.3 Å². The van der Waals surface area contributed by atoms with Gasteiger partial charge in [0.05, 0.1) is 6.61 Å². The molecule has 100 valence electrons. The van der Waals surface area contributed by atoms with Crippen LogP contribution >= 0.6 is 0 Å². The second-order valence-electron chi connectivity index (χ2n) is 5.09. The van der Waals surface area contributed by atoms with E-state index in [0.717, 1.165) is 12.8 Å². The summed E-state index contributed by atoms with van der Waals surface area (Å²) in [5, 5.41) is 2.93. The first-order valence-electron chi connectivity index (χ1n) is 6.82. The lowest BCUT2D eigenvalue weighted by molar-refractivity contribution is -0.143. The summed E-state index contributed by atoms with van der Waals surface area (Å²) in [7, 11) is 0. The number of esters is 1. The number of amides is 1. The van der Waals surface area contributed by atoms with Crippen LogP contribution in [-0.2, 0) is 14.3 Å². The van der Waals surface area contributed by atoms with Crippen LogP contribution < -0.4 is 5.32 Å². The maximum absolute atomic E-state index is 11.9. The monoisotopic (exact) mass is 251 g/mol. The Hall–Kier alpha value is -1.32. The van der Waals surface area contributed by atoms with Crippen LogP contribution in [0.2, 0.25) is 0 Å². The predicted molar refractivity (Wildman–Crippen MR) is 67.7 cm³/mol. The van der Waals surface area contributed by atoms with Crippen LogP contribution in [0.4, 0.5) is 0 Å². The van der Waals surface area contributed by atoms with Crippen molar-refractivity contribution in [3.8, 4) is 0 Å². The molecule has 0 unspecified atom stereocenters. The van der Waals surface area contributed by atoms with E-state index in [2.05, 4.69) is 17.5 Å². The zero-order valence-corrected chi connectivity index (χ0v) is 10.9. The molecule has 0 aromatic heterocycles. The first kappa shape index (κ1) is 13.1. The number of nitrogens with one attached hydrogen (secondary N) is 1. The standard InChI is InChI=1S/C14H21NO3/c1-2-18-13(16)4-3-7-15-14(17)12-9-10-5-6-11(12)8-10/h5-6,10-12H,2-4,7-9H2,1H3,(H,15,17)/t10-,11+,12+/m1/s1. The fourth-order valence-electron chi connectivity index (χ4n) is 2.89. The third-order valence-corrected chi connectivity index (χ3v) is 3.78. The van der Waals surface area contributed by atoms with E-state index >= 15 is 0 Å². The van der Waals surface area contributed by atoms with Gasteiger partial charge in [0.1, 0.15) is 0 Å². The highest BCUT2D eigenvalue weighted by Gasteiger charge is 2.39. The lowest BCUT2D eigenvalue weighted by atomic mass is 9.93. The van der Waals surface area contributed by atoms with Gasteiger partial charge in [-0.1, -0.05) is 12.2 Å². The Morgan fingerprint density at radius 2 is 2.17 bits per heavy atom. The Morgan fingerprint density at radius 3 is 2.78 bits per heavy atom. The molecule has 1 amide bonds. The average molecular weight is 251 g/mol. The minimum atomic E-state index is -0.186. The van der Waals surface area contributed by atoms with Crippen molar-refractivity contribution in [1.82, 2.24) is 5.32 Å². The van der Waals surface area contributed by atoms with Crippen LogP contribution in [0.25, 0.3) is 0 Å². The summed E-state index contributed by atoms with van der Waals surface area (Å²) in [4.78, 5) is 23.0. The molecule has 2 aliphatic carbocycles. The molecule has 3 atom stereocenters. The topological polar surface area (TPSA) is 55.4 Å². The van der Waals surface area contributed by atoms with Crippen molar-refractivity contribution in [3.05, 3.63) is 12.2 Å². The Balaban J connectivity index is 1.61. The molecule has 2 rings (SSSR count). The third kappa shape index (κ3) is 3.12. The number of fused-ring (bicyclic) bond motifs is 2. The van der Waals surface area contributed by atoms with Crippen molar-refractivity contribution in [2.24, 2.45) is 17.8 Å². The van der Waals surface area contributed by atoms with E-state index in [9.17, 15) is 9.59 Å². The number of carbonyl (C=O) groups is 2. The van der Waals surface area contributed by atoms with Gasteiger partial charge in [0.15, 0.2) is 0 Å². The van der Waals surface area contributed by atoms with E-state index in [1.54, 1.807) is 6.92 Å². The SMILES string of the molecule is CCOC(=O)CCCNC(=O)[C@H]1C[C@@H]2C=C[C@H]1C2. The largest absolute Gasteiger partial charge is 0.466 e. The van der Waals surface area contributed by atoms with Gasteiger partial charge in [0.2, 0.25) is 5.91 Å². The summed E-state index contributed by atoms with van der Waals surface area (Å²) in [6.07, 6.45) is 7.57. The van der Waals surface area contributed by atoms with Crippen LogP contribution in [-0.4, -0.2) is 25.0 Å². The van der Waals surface area contributed by atoms with Gasteiger partial charge >= 0.3 is 5.97 Å². The second kappa shape index (κ2) is 6.03. The van der Waals surface area contributed by atoms with Gasteiger partial charge in [-0.05, 0) is 38.0 Å². The predicted octanol–water partition coefficient (Wildman–Crippen LogP) is 1.66. The molecule has 4 nitrogen and oxygen atoms in total. The minimum Gasteiger partial charge on any atom is -0.466 e. The van der Waals surface area contributed by atoms with Crippen molar-refractivity contribution >= 4 is 11.9 Å². The number of rotatable bonds is 6. The first-order valence-corrected chi connectivity index (χ1v) is 6.82. The van der Waals surface area contributed by atoms with Gasteiger partial charge in [-0.2, -0.15) is 0 Å². The van der Waals surface area contributed by atoms with Crippen molar-refractivity contribution in [1.29, 1.82) is 0 Å². The van der Waals surface area contributed by atoms with E-state index in [4.69, 9.17) is 4.74 Å². The first-order chi connectivity index (χ1) is 8.70. The summed E-state index contributed by atoms with van der Waals surface area (Å²) >= 11 is 0. The van der Waals surface area contributed by atoms with Gasteiger partial charge < -0.3 is 10.1 Å². The molecule has 2 aliphatic rings. The number of hydrogen-bond donors (Lipinski definition) is 1. The average Bonchev–Trinajstić information content (AvgIpc) is 2.97. The molecule has 1 N–H and O–H groups in total. The highest BCUT2D eigenvalue weighted by molar-refractivity contribution is 5.80. The van der Waals surface area contributed by atoms with Crippen LogP contribution in [0.5, 0.6) is 0 Å². The fourth-order valence-corrected chi connectivity index (χ4v) is 2.89. The van der Waals surface area contributed by atoms with Crippen molar-refractivity contribution in [2.75, 3.05) is 13.2 Å². The molecule has 1 fully saturated rings. The van der Waals surface area contributed by atoms with Gasteiger partial charge in [-0.3, -0.25) is 9.59 Å². The van der Waals surface area contributed by atoms with E-state index in [1.807, 2.05) is 0 Å². The number of carbonyl (C=O) groups excluding carboxylic acids is 2. The Morgan fingerprint density at radius 1 is 1.33 bits per heavy atom. The zero-order valence-electron chi connectivity index (χ0n) is 10.9. The number of allylic oxidation sites excluding steroid dienone is 2. The summed E-state index contributed by atoms with van der Waals surface area (Å²) in [5.74, 6) is 1.18. The lowest BCUT2D eigenvalue weighted by Crippen LogP contribution is -2.33. The molecule has 4 heteroatoms. The highest BCUT2D eigenvalue weighted by atomic mass is 16.5. The molecular formula is C14H21NO3. The summed E-state index contributed by atoms with van der Waals surface area (Å²) < 4.78 is 4.83. The molecule has 18 heavy (non-hydrogen) atoms. The van der Waals surface area contributed by atoms with E-state index < -0.39 is 0 Å². The van der Waals surface area contributed by atoms with Gasteiger partial charge in [-0.25, -0.2) is 0 Å². The molecule has 0 saturated heterocycles. The highest BCUT2D eigenvalue weighted by Crippen LogP contribution is 2.43. The van der Waals surface area contributed by atoms with Gasteiger partial charge in [0, 0.05) is 18.9 Å². The second-order valence-corrected chi connectivity index (χ2v) is 5.09. The number of hydrogen-bond acceptors (Lipinski definition) is 3. The number of ether oxygens (including phenoxy) is 1. The van der Waals surface area contributed by atoms with Crippen LogP contribution in [0.15, 0.2) is 12.2 Å². The molecule has 0 aromatic rings. The summed E-state index contributed by atoms with van der Waals surface area (Å²) in [6, 6.07) is 0. The van der Waals surface area contributed by atoms with Crippen molar-refractivity contribution in [3.63, 3.8) is 0 Å². The molecule has 0 spiro atoms.